The number of hydrogen-bond acceptors (Lipinski definition) is 5. The van der Waals surface area contributed by atoms with Crippen molar-refractivity contribution in [1.29, 1.82) is 0 Å². The van der Waals surface area contributed by atoms with E-state index >= 15 is 0 Å². The van der Waals surface area contributed by atoms with E-state index in [-0.39, 0.29) is 12.3 Å². The van der Waals surface area contributed by atoms with Gasteiger partial charge in [-0.2, -0.15) is 0 Å². The second kappa shape index (κ2) is 7.93. The molecule has 11 heavy (non-hydrogen) atoms. The van der Waals surface area contributed by atoms with Crippen LogP contribution in [0.25, 0.3) is 0 Å². The van der Waals surface area contributed by atoms with Crippen molar-refractivity contribution in [2.75, 3.05) is 0 Å². The number of rotatable bonds is 3. The Balaban J connectivity index is -0.000000320. The second-order valence-electron chi connectivity index (χ2n) is 1.33. The van der Waals surface area contributed by atoms with Crippen molar-refractivity contribution in [1.82, 2.24) is 12.3 Å². The van der Waals surface area contributed by atoms with Crippen LogP contribution in [-0.2, 0) is 30.1 Å². The van der Waals surface area contributed by atoms with Gasteiger partial charge in [-0.15, -0.1) is 0 Å². The van der Waals surface area contributed by atoms with Crippen LogP contribution in [0.1, 0.15) is 6.92 Å². The van der Waals surface area contributed by atoms with Crippen molar-refractivity contribution >= 4 is 5.97 Å². The zero-order chi connectivity index (χ0) is 7.44. The van der Waals surface area contributed by atoms with Crippen molar-refractivity contribution < 1.29 is 38.8 Å². The Morgan fingerprint density at radius 3 is 2.00 bits per heavy atom. The molecule has 0 spiro atoms. The van der Waals surface area contributed by atoms with E-state index in [9.17, 15) is 16.9 Å². The first-order valence-electron chi connectivity index (χ1n) is 2.12. The maximum Gasteiger partial charge on any atom is -0.369 e. The smallest absolute Gasteiger partial charge is 0.369 e. The fourth-order valence-corrected chi connectivity index (χ4v) is 0.793. The summed E-state index contributed by atoms with van der Waals surface area (Å²) < 4.78 is 23.4. The van der Waals surface area contributed by atoms with Gasteiger partial charge in [0, 0.05) is 0 Å². The van der Waals surface area contributed by atoms with E-state index in [1.807, 2.05) is 0 Å². The molecule has 0 amide bonds. The van der Waals surface area contributed by atoms with Crippen molar-refractivity contribution in [2.45, 2.75) is 13.0 Å². The molecule has 8 N–H and O–H groups in total. The summed E-state index contributed by atoms with van der Waals surface area (Å²) in [7, 11) is 0. The van der Waals surface area contributed by atoms with Crippen LogP contribution >= 0.6 is 0 Å². The molecule has 0 aromatic rings. The molecule has 1 atom stereocenters. The minimum atomic E-state index is -3.93. The van der Waals surface area contributed by atoms with E-state index < -0.39 is 30.7 Å². The molecule has 8 heteroatoms. The van der Waals surface area contributed by atoms with E-state index in [2.05, 4.69) is 3.32 Å². The van der Waals surface area contributed by atoms with Gasteiger partial charge in [-0.3, -0.25) is 0 Å². The van der Waals surface area contributed by atoms with Crippen molar-refractivity contribution in [3.63, 3.8) is 0 Å². The van der Waals surface area contributed by atoms with Crippen molar-refractivity contribution in [3.8, 4) is 0 Å². The van der Waals surface area contributed by atoms with Crippen molar-refractivity contribution in [2.24, 2.45) is 0 Å². The summed E-state index contributed by atoms with van der Waals surface area (Å²) in [4.78, 5) is 9.75. The Kier molecular flexibility index (Phi) is 12.3. The Bertz CT molecular complexity index is 140. The standard InChI is InChI=1S/C3H5O3.2H3N.2O.Ti/c1-2(4)3(5)6;;;;;/h2H,1H3,(H,5,6);2*1H3;;;/q-1;;;;-1;+1/p+1. The summed E-state index contributed by atoms with van der Waals surface area (Å²) in [6, 6.07) is 0. The van der Waals surface area contributed by atoms with Crippen LogP contribution in [0.2, 0.25) is 0 Å². The van der Waals surface area contributed by atoms with Crippen molar-refractivity contribution in [3.05, 3.63) is 0 Å². The first-order chi connectivity index (χ1) is 4.04. The fourth-order valence-electron chi connectivity index (χ4n) is 0.192. The van der Waals surface area contributed by atoms with Gasteiger partial charge in [0.2, 0.25) is 0 Å². The molecular formula is C3H12N2O5Ti. The summed E-state index contributed by atoms with van der Waals surface area (Å²) in [5, 5.41) is 9.75. The van der Waals surface area contributed by atoms with E-state index in [1.165, 1.54) is 0 Å². The predicted molar refractivity (Wildman–Crippen MR) is 28.2 cm³/mol. The van der Waals surface area contributed by atoms with Crippen LogP contribution in [0.5, 0.6) is 0 Å². The van der Waals surface area contributed by atoms with Gasteiger partial charge in [0.15, 0.2) is 0 Å². The van der Waals surface area contributed by atoms with Crippen LogP contribution in [-0.4, -0.2) is 12.1 Å². The average Bonchev–Trinajstić information content (AvgIpc) is 1.63. The van der Waals surface area contributed by atoms with Gasteiger partial charge in [0.05, 0.1) is 0 Å². The zero-order valence-corrected chi connectivity index (χ0v) is 8.18. The molecular weight excluding hydrogens is 192 g/mol. The molecule has 7 nitrogen and oxygen atoms in total. The Morgan fingerprint density at radius 1 is 1.55 bits per heavy atom. The summed E-state index contributed by atoms with van der Waals surface area (Å²) in [5.41, 5.74) is 0. The van der Waals surface area contributed by atoms with Gasteiger partial charge in [0.25, 0.3) is 0 Å². The Labute approximate surface area is 70.6 Å². The zero-order valence-electron chi connectivity index (χ0n) is 6.62. The monoisotopic (exact) mass is 204 g/mol. The summed E-state index contributed by atoms with van der Waals surface area (Å²) in [6.45, 7) is 1.10. The number of carboxylic acids is 1. The first kappa shape index (κ1) is 17.1. The molecule has 0 fully saturated rings. The molecule has 0 aliphatic heterocycles. The Morgan fingerprint density at radius 2 is 1.91 bits per heavy atom. The van der Waals surface area contributed by atoms with Gasteiger partial charge < -0.3 is 12.3 Å². The first-order valence-corrected chi connectivity index (χ1v) is 4.03. The molecule has 0 radical (unpaired) electrons. The quantitative estimate of drug-likeness (QED) is 0.509. The predicted octanol–water partition coefficient (Wildman–Crippen LogP) is -1.95. The maximum absolute atomic E-state index is 9.75. The third-order valence-electron chi connectivity index (χ3n) is 0.605. The van der Waals surface area contributed by atoms with E-state index in [0.717, 1.165) is 6.92 Å². The number of hydrogen-bond donors (Lipinski definition) is 2. The molecule has 0 aliphatic rings. The van der Waals surface area contributed by atoms with E-state index in [4.69, 9.17) is 0 Å². The second-order valence-corrected chi connectivity index (χ2v) is 2.48. The largest absolute Gasteiger partial charge is 0.369 e. The normalized spacial score (nSPS) is 10.4. The van der Waals surface area contributed by atoms with Crippen LogP contribution in [0.3, 0.4) is 0 Å². The summed E-state index contributed by atoms with van der Waals surface area (Å²) in [5.74, 6) is -1.52. The van der Waals surface area contributed by atoms with E-state index in [1.54, 1.807) is 0 Å². The maximum atomic E-state index is 9.75. The molecule has 0 bridgehead atoms. The summed E-state index contributed by atoms with van der Waals surface area (Å²) in [6.07, 6.45) is -1.35. The molecule has 1 unspecified atom stereocenters. The van der Waals surface area contributed by atoms with Gasteiger partial charge in [-0.1, -0.05) is 0 Å². The third-order valence-corrected chi connectivity index (χ3v) is 1.46. The molecule has 0 rings (SSSR count). The molecule has 0 aliphatic carbocycles. The summed E-state index contributed by atoms with van der Waals surface area (Å²) >= 11 is -3.93. The van der Waals surface area contributed by atoms with Gasteiger partial charge in [0.1, 0.15) is 0 Å². The van der Waals surface area contributed by atoms with Gasteiger partial charge >= 0.3 is 57.8 Å². The molecule has 0 saturated heterocycles. The average molecular weight is 204 g/mol. The van der Waals surface area contributed by atoms with Crippen LogP contribution < -0.4 is 21.1 Å². The van der Waals surface area contributed by atoms with Gasteiger partial charge in [-0.05, 0) is 0 Å². The fraction of sp³-hybridized carbons (Fsp3) is 0.667. The number of carbonyl (C=O) groups is 1. The number of carbonyl (C=O) groups excluding carboxylic acids is 1. The van der Waals surface area contributed by atoms with Crippen LogP contribution in [0.4, 0.5) is 0 Å². The minimum Gasteiger partial charge on any atom is -0.369 e. The van der Waals surface area contributed by atoms with E-state index in [0.29, 0.717) is 0 Å². The number of carboxylic acid groups (broad SMARTS) is 1. The van der Waals surface area contributed by atoms with Crippen LogP contribution in [0, 0.1) is 0 Å². The SMILES string of the molecule is CC([O][Ti](=[O])[O-])C(=O)[O-].[NH4+].[NH4+]. The molecule has 0 aromatic heterocycles. The molecule has 0 aromatic carbocycles. The minimum absolute atomic E-state index is 0. The number of aliphatic carboxylic acids is 1. The number of quaternary nitrogens is 2. The molecule has 0 saturated carbocycles. The van der Waals surface area contributed by atoms with Crippen LogP contribution in [0.15, 0.2) is 0 Å². The molecule has 0 heterocycles. The van der Waals surface area contributed by atoms with Gasteiger partial charge in [-0.25, -0.2) is 0 Å². The molecule has 68 valence electrons. The topological polar surface area (TPSA) is 162 Å². The third kappa shape index (κ3) is 9.82. The Hall–Kier alpha value is -0.176.